The van der Waals surface area contributed by atoms with Crippen LogP contribution in [0, 0.1) is 11.8 Å². The van der Waals surface area contributed by atoms with Crippen LogP contribution in [-0.2, 0) is 4.79 Å². The lowest BCUT2D eigenvalue weighted by Crippen LogP contribution is -2.48. The first kappa shape index (κ1) is 14.1. The van der Waals surface area contributed by atoms with Crippen molar-refractivity contribution in [2.45, 2.75) is 33.2 Å². The number of nitrogens with one attached hydrogen (secondary N) is 1. The molecule has 2 rings (SSSR count). The molecule has 3 nitrogen and oxygen atoms in total. The maximum Gasteiger partial charge on any atom is 0.241 e. The second-order valence-electron chi connectivity index (χ2n) is 5.93. The average Bonchev–Trinajstić information content (AvgIpc) is 2.37. The molecule has 0 bridgehead atoms. The lowest BCUT2D eigenvalue weighted by atomic mass is 9.91. The molecule has 1 aliphatic heterocycles. The molecule has 1 aliphatic rings. The van der Waals surface area contributed by atoms with Crippen molar-refractivity contribution in [3.05, 3.63) is 30.3 Å². The first-order chi connectivity index (χ1) is 9.06. The van der Waals surface area contributed by atoms with E-state index in [0.717, 1.165) is 18.8 Å². The predicted octanol–water partition coefficient (Wildman–Crippen LogP) is 2.99. The van der Waals surface area contributed by atoms with E-state index in [1.807, 2.05) is 37.3 Å². The Morgan fingerprint density at radius 3 is 2.37 bits per heavy atom. The minimum Gasteiger partial charge on any atom is -0.325 e. The van der Waals surface area contributed by atoms with Gasteiger partial charge in [-0.1, -0.05) is 32.0 Å². The average molecular weight is 260 g/mol. The minimum absolute atomic E-state index is 0.0644. The molecule has 1 aromatic carbocycles. The van der Waals surface area contributed by atoms with Crippen molar-refractivity contribution in [2.24, 2.45) is 11.8 Å². The van der Waals surface area contributed by atoms with Crippen LogP contribution in [0.5, 0.6) is 0 Å². The Morgan fingerprint density at radius 1 is 1.21 bits per heavy atom. The van der Waals surface area contributed by atoms with Crippen LogP contribution in [0.2, 0.25) is 0 Å². The number of carbonyl (C=O) groups excluding carboxylic acids is 1. The van der Waals surface area contributed by atoms with Crippen molar-refractivity contribution < 1.29 is 4.79 Å². The van der Waals surface area contributed by atoms with Gasteiger partial charge in [0, 0.05) is 18.8 Å². The van der Waals surface area contributed by atoms with Gasteiger partial charge in [-0.15, -0.1) is 0 Å². The van der Waals surface area contributed by atoms with E-state index in [2.05, 4.69) is 24.1 Å². The molecule has 1 N–H and O–H groups in total. The number of piperidine rings is 1. The number of anilines is 1. The summed E-state index contributed by atoms with van der Waals surface area (Å²) in [4.78, 5) is 14.6. The van der Waals surface area contributed by atoms with Gasteiger partial charge >= 0.3 is 0 Å². The topological polar surface area (TPSA) is 32.3 Å². The van der Waals surface area contributed by atoms with Gasteiger partial charge in [0.25, 0.3) is 0 Å². The van der Waals surface area contributed by atoms with Gasteiger partial charge in [-0.25, -0.2) is 0 Å². The van der Waals surface area contributed by atoms with Gasteiger partial charge < -0.3 is 5.32 Å². The van der Waals surface area contributed by atoms with Crippen molar-refractivity contribution in [3.8, 4) is 0 Å². The molecule has 3 heteroatoms. The van der Waals surface area contributed by atoms with E-state index in [9.17, 15) is 4.79 Å². The predicted molar refractivity (Wildman–Crippen MR) is 79.1 cm³/mol. The second kappa shape index (κ2) is 6.20. The van der Waals surface area contributed by atoms with Gasteiger partial charge in [-0.3, -0.25) is 9.69 Å². The van der Waals surface area contributed by atoms with Gasteiger partial charge in [0.2, 0.25) is 5.91 Å². The number of likely N-dealkylation sites (tertiary alicyclic amines) is 1. The van der Waals surface area contributed by atoms with Crippen molar-refractivity contribution in [1.29, 1.82) is 0 Å². The Kier molecular flexibility index (Phi) is 4.59. The number of nitrogens with zero attached hydrogens (tertiary/aromatic N) is 1. The summed E-state index contributed by atoms with van der Waals surface area (Å²) in [5, 5.41) is 2.99. The molecular formula is C16H24N2O. The monoisotopic (exact) mass is 260 g/mol. The minimum atomic E-state index is -0.0644. The van der Waals surface area contributed by atoms with Crippen molar-refractivity contribution >= 4 is 11.6 Å². The maximum absolute atomic E-state index is 12.3. The molecule has 1 amide bonds. The maximum atomic E-state index is 12.3. The summed E-state index contributed by atoms with van der Waals surface area (Å²) in [6.45, 7) is 8.58. The van der Waals surface area contributed by atoms with Gasteiger partial charge in [0.05, 0.1) is 6.04 Å². The highest BCUT2D eigenvalue weighted by molar-refractivity contribution is 5.94. The lowest BCUT2D eigenvalue weighted by Gasteiger charge is -2.38. The van der Waals surface area contributed by atoms with Gasteiger partial charge in [0.15, 0.2) is 0 Å². The standard InChI is InChI=1S/C16H24N2O/c1-12-9-13(2)11-18(10-12)14(3)16(19)17-15-7-5-4-6-8-15/h4-8,12-14H,9-11H2,1-3H3,(H,17,19)/t12-,13-,14+/m1/s1. The highest BCUT2D eigenvalue weighted by atomic mass is 16.2. The Labute approximate surface area is 116 Å². The van der Waals surface area contributed by atoms with E-state index in [1.54, 1.807) is 0 Å². The third kappa shape index (κ3) is 3.80. The summed E-state index contributed by atoms with van der Waals surface area (Å²) >= 11 is 0. The Morgan fingerprint density at radius 2 is 1.79 bits per heavy atom. The molecule has 0 radical (unpaired) electrons. The third-order valence-corrected chi connectivity index (χ3v) is 3.87. The fourth-order valence-corrected chi connectivity index (χ4v) is 2.96. The summed E-state index contributed by atoms with van der Waals surface area (Å²) in [7, 11) is 0. The summed E-state index contributed by atoms with van der Waals surface area (Å²) in [5.74, 6) is 1.44. The van der Waals surface area contributed by atoms with Crippen LogP contribution in [-0.4, -0.2) is 29.9 Å². The SMILES string of the molecule is C[C@@H]1C[C@@H](C)CN([C@@H](C)C(=O)Nc2ccccc2)C1. The van der Waals surface area contributed by atoms with E-state index in [-0.39, 0.29) is 11.9 Å². The number of carbonyl (C=O) groups is 1. The van der Waals surface area contributed by atoms with Crippen LogP contribution in [0.25, 0.3) is 0 Å². The molecule has 19 heavy (non-hydrogen) atoms. The quantitative estimate of drug-likeness (QED) is 0.906. The number of hydrogen-bond donors (Lipinski definition) is 1. The normalized spacial score (nSPS) is 25.8. The Hall–Kier alpha value is -1.35. The zero-order chi connectivity index (χ0) is 13.8. The molecule has 0 spiro atoms. The molecule has 3 atom stereocenters. The molecule has 104 valence electrons. The molecule has 1 fully saturated rings. The highest BCUT2D eigenvalue weighted by Crippen LogP contribution is 2.23. The van der Waals surface area contributed by atoms with Crippen LogP contribution >= 0.6 is 0 Å². The summed E-state index contributed by atoms with van der Waals surface area (Å²) in [5.41, 5.74) is 0.873. The Balaban J connectivity index is 1.95. The van der Waals surface area contributed by atoms with Crippen LogP contribution < -0.4 is 5.32 Å². The van der Waals surface area contributed by atoms with E-state index >= 15 is 0 Å². The summed E-state index contributed by atoms with van der Waals surface area (Å²) in [6, 6.07) is 9.60. The first-order valence-electron chi connectivity index (χ1n) is 7.16. The molecule has 1 heterocycles. The van der Waals surface area contributed by atoms with E-state index in [4.69, 9.17) is 0 Å². The molecule has 0 unspecified atom stereocenters. The number of benzene rings is 1. The van der Waals surface area contributed by atoms with E-state index < -0.39 is 0 Å². The molecule has 0 saturated carbocycles. The van der Waals surface area contributed by atoms with Crippen molar-refractivity contribution in [3.63, 3.8) is 0 Å². The van der Waals surface area contributed by atoms with Crippen LogP contribution in [0.4, 0.5) is 5.69 Å². The van der Waals surface area contributed by atoms with E-state index in [0.29, 0.717) is 11.8 Å². The third-order valence-electron chi connectivity index (χ3n) is 3.87. The van der Waals surface area contributed by atoms with Crippen molar-refractivity contribution in [1.82, 2.24) is 4.90 Å². The fourth-order valence-electron chi connectivity index (χ4n) is 2.96. The van der Waals surface area contributed by atoms with Gasteiger partial charge in [0.1, 0.15) is 0 Å². The van der Waals surface area contributed by atoms with Crippen LogP contribution in [0.1, 0.15) is 27.2 Å². The largest absolute Gasteiger partial charge is 0.325 e. The second-order valence-corrected chi connectivity index (χ2v) is 5.93. The summed E-state index contributed by atoms with van der Waals surface area (Å²) in [6.07, 6.45) is 1.27. The van der Waals surface area contributed by atoms with Crippen LogP contribution in [0.15, 0.2) is 30.3 Å². The number of amides is 1. The smallest absolute Gasteiger partial charge is 0.241 e. The van der Waals surface area contributed by atoms with Crippen LogP contribution in [0.3, 0.4) is 0 Å². The number of hydrogen-bond acceptors (Lipinski definition) is 2. The molecule has 1 aromatic rings. The molecule has 0 aliphatic carbocycles. The number of rotatable bonds is 3. The number of para-hydroxylation sites is 1. The van der Waals surface area contributed by atoms with Gasteiger partial charge in [-0.2, -0.15) is 0 Å². The van der Waals surface area contributed by atoms with E-state index in [1.165, 1.54) is 6.42 Å². The fraction of sp³-hybridized carbons (Fsp3) is 0.562. The zero-order valence-corrected chi connectivity index (χ0v) is 12.1. The molecule has 0 aromatic heterocycles. The molecule has 1 saturated heterocycles. The van der Waals surface area contributed by atoms with Gasteiger partial charge in [-0.05, 0) is 37.3 Å². The first-order valence-corrected chi connectivity index (χ1v) is 7.16. The Bertz CT molecular complexity index is 408. The molecular weight excluding hydrogens is 236 g/mol. The highest BCUT2D eigenvalue weighted by Gasteiger charge is 2.28. The zero-order valence-electron chi connectivity index (χ0n) is 12.1. The summed E-state index contributed by atoms with van der Waals surface area (Å²) < 4.78 is 0. The lowest BCUT2D eigenvalue weighted by molar-refractivity contribution is -0.121. The van der Waals surface area contributed by atoms with Crippen molar-refractivity contribution in [2.75, 3.05) is 18.4 Å².